The maximum Gasteiger partial charge on any atom is 3.00 e. The number of benzene rings is 3. The molecule has 0 spiro atoms. The number of nitrogens with zero attached hydrogens (tertiary/aromatic N) is 5. The third kappa shape index (κ3) is 4.12. The maximum atomic E-state index is 4.98. The Bertz CT molecular complexity index is 1800. The van der Waals surface area contributed by atoms with E-state index in [2.05, 4.69) is 76.3 Å². The van der Waals surface area contributed by atoms with Crippen LogP contribution >= 0.6 is 0 Å². The van der Waals surface area contributed by atoms with Gasteiger partial charge in [0.25, 0.3) is 0 Å². The fourth-order valence-electron chi connectivity index (χ4n) is 5.08. The zero-order chi connectivity index (χ0) is 24.8. The second kappa shape index (κ2) is 9.97. The van der Waals surface area contributed by atoms with E-state index in [1.807, 2.05) is 78.5 Å². The third-order valence-corrected chi connectivity index (χ3v) is 6.77. The van der Waals surface area contributed by atoms with Crippen molar-refractivity contribution in [3.63, 3.8) is 0 Å². The summed E-state index contributed by atoms with van der Waals surface area (Å²) in [6, 6.07) is 34.1. The molecule has 1 atom stereocenters. The predicted molar refractivity (Wildman–Crippen MR) is 147 cm³/mol. The summed E-state index contributed by atoms with van der Waals surface area (Å²) in [4.78, 5) is 13.7. The van der Waals surface area contributed by atoms with E-state index < -0.39 is 0 Å². The maximum absolute atomic E-state index is 4.98. The smallest absolute Gasteiger partial charge is 0.510 e. The second-order valence-corrected chi connectivity index (χ2v) is 9.15. The Morgan fingerprint density at radius 1 is 0.921 bits per heavy atom. The Balaban J connectivity index is 0.000000172. The van der Waals surface area contributed by atoms with E-state index in [9.17, 15) is 0 Å². The minimum atomic E-state index is 0. The van der Waals surface area contributed by atoms with Crippen molar-refractivity contribution in [2.45, 2.75) is 6.04 Å². The summed E-state index contributed by atoms with van der Waals surface area (Å²) in [6.45, 7) is 2.01. The van der Waals surface area contributed by atoms with Gasteiger partial charge in [0.05, 0.1) is 5.52 Å². The third-order valence-electron chi connectivity index (χ3n) is 6.77. The Kier molecular flexibility index (Phi) is 6.36. The topological polar surface area (TPSA) is 35.3 Å². The van der Waals surface area contributed by atoms with Crippen molar-refractivity contribution in [2.24, 2.45) is 0 Å². The van der Waals surface area contributed by atoms with Crippen molar-refractivity contribution in [1.82, 2.24) is 19.4 Å². The summed E-state index contributed by atoms with van der Waals surface area (Å²) in [5.41, 5.74) is 6.32. The number of fused-ring (bicyclic) bond motifs is 8. The molecule has 5 aromatic rings. The van der Waals surface area contributed by atoms with Crippen molar-refractivity contribution >= 4 is 28.4 Å². The van der Waals surface area contributed by atoms with Gasteiger partial charge >= 0.3 is 20.1 Å². The minimum absolute atomic E-state index is 0. The van der Waals surface area contributed by atoms with E-state index in [1.54, 1.807) is 0 Å². The van der Waals surface area contributed by atoms with Crippen molar-refractivity contribution in [3.05, 3.63) is 139 Å². The molecule has 0 amide bonds. The number of anilines is 1. The fraction of sp³-hybridized carbons (Fsp3) is 0.0625. The van der Waals surface area contributed by atoms with Gasteiger partial charge in [-0.25, -0.2) is 9.56 Å². The SMILES string of the molecule is CN1C=CN(c2[c-]cccc2)[CH-]1.[C-]1=c2ccccc2=[N+]2c3cc4ccccc4nc3-c3cccnc3C12.[Ir+3]. The van der Waals surface area contributed by atoms with Gasteiger partial charge in [-0.2, -0.15) is 43.1 Å². The summed E-state index contributed by atoms with van der Waals surface area (Å²) in [5, 5.41) is 3.45. The van der Waals surface area contributed by atoms with Gasteiger partial charge in [0.15, 0.2) is 6.04 Å². The summed E-state index contributed by atoms with van der Waals surface area (Å²) >= 11 is 0. The van der Waals surface area contributed by atoms with Gasteiger partial charge in [0.2, 0.25) is 5.69 Å². The molecule has 8 rings (SSSR count). The van der Waals surface area contributed by atoms with Crippen molar-refractivity contribution in [2.75, 3.05) is 11.9 Å². The van der Waals surface area contributed by atoms with Crippen LogP contribution in [0, 0.1) is 12.7 Å². The largest absolute Gasteiger partial charge is 3.00 e. The molecule has 3 aliphatic heterocycles. The van der Waals surface area contributed by atoms with Gasteiger partial charge in [-0.05, 0) is 43.7 Å². The summed E-state index contributed by atoms with van der Waals surface area (Å²) in [6.07, 6.45) is 9.48. The first-order valence-corrected chi connectivity index (χ1v) is 12.3. The molecule has 0 fully saturated rings. The molecular formula is C32H23IrN5+. The van der Waals surface area contributed by atoms with Crippen LogP contribution in [0.3, 0.4) is 0 Å². The van der Waals surface area contributed by atoms with Crippen LogP contribution in [0.4, 0.5) is 11.4 Å². The second-order valence-electron chi connectivity index (χ2n) is 9.15. The molecule has 2 aromatic heterocycles. The Morgan fingerprint density at radius 3 is 2.61 bits per heavy atom. The van der Waals surface area contributed by atoms with Gasteiger partial charge in [-0.3, -0.25) is 4.98 Å². The Hall–Kier alpha value is -4.12. The molecule has 3 aliphatic rings. The van der Waals surface area contributed by atoms with Crippen LogP contribution in [0.2, 0.25) is 0 Å². The molecule has 38 heavy (non-hydrogen) atoms. The minimum Gasteiger partial charge on any atom is -0.510 e. The van der Waals surface area contributed by atoms with Crippen LogP contribution in [-0.4, -0.2) is 21.9 Å². The molecule has 1 unspecified atom stereocenters. The average Bonchev–Trinajstić information content (AvgIpc) is 3.57. The first kappa shape index (κ1) is 24.2. The number of pyridine rings is 2. The molecule has 0 bridgehead atoms. The van der Waals surface area contributed by atoms with Crippen LogP contribution in [0.25, 0.3) is 28.2 Å². The zero-order valence-electron chi connectivity index (χ0n) is 20.6. The van der Waals surface area contributed by atoms with E-state index in [1.165, 1.54) is 5.36 Å². The average molecular weight is 670 g/mol. The Labute approximate surface area is 235 Å². The van der Waals surface area contributed by atoms with E-state index in [-0.39, 0.29) is 26.1 Å². The molecule has 0 N–H and O–H groups in total. The van der Waals surface area contributed by atoms with Gasteiger partial charge in [-0.15, -0.1) is 23.0 Å². The van der Waals surface area contributed by atoms with E-state index in [4.69, 9.17) is 4.98 Å². The summed E-state index contributed by atoms with van der Waals surface area (Å²) in [5.74, 6) is 0. The van der Waals surface area contributed by atoms with Gasteiger partial charge in [0.1, 0.15) is 16.7 Å². The zero-order valence-corrected chi connectivity index (χ0v) is 23.0. The Morgan fingerprint density at radius 2 is 1.76 bits per heavy atom. The molecule has 3 aromatic carbocycles. The van der Waals surface area contributed by atoms with Gasteiger partial charge < -0.3 is 9.80 Å². The van der Waals surface area contributed by atoms with Crippen LogP contribution in [0.5, 0.6) is 0 Å². The number of para-hydroxylation sites is 3. The first-order valence-electron chi connectivity index (χ1n) is 12.3. The van der Waals surface area contributed by atoms with Crippen molar-refractivity contribution in [3.8, 4) is 11.3 Å². The molecule has 0 radical (unpaired) electrons. The number of rotatable bonds is 1. The molecular weight excluding hydrogens is 647 g/mol. The fourth-order valence-corrected chi connectivity index (χ4v) is 5.08. The quantitative estimate of drug-likeness (QED) is 0.192. The molecule has 0 saturated heterocycles. The molecule has 0 aliphatic carbocycles. The molecule has 6 heteroatoms. The molecule has 5 heterocycles. The monoisotopic (exact) mass is 670 g/mol. The van der Waals surface area contributed by atoms with Crippen LogP contribution in [0.1, 0.15) is 11.7 Å². The summed E-state index contributed by atoms with van der Waals surface area (Å²) < 4.78 is 2.32. The van der Waals surface area contributed by atoms with E-state index in [0.717, 1.165) is 44.4 Å². The van der Waals surface area contributed by atoms with Crippen molar-refractivity contribution in [1.29, 1.82) is 0 Å². The van der Waals surface area contributed by atoms with E-state index >= 15 is 0 Å². The number of hydrogen-bond donors (Lipinski definition) is 0. The van der Waals surface area contributed by atoms with Crippen LogP contribution < -0.4 is 20.1 Å². The standard InChI is InChI=1S/C22H13N3.C10H10N2.Ir/c1-3-9-17-14(6-1)12-20-22(24-17)16-8-5-11-23-21(16)19-13-15-7-2-4-10-18(15)25(19)20;1-11-7-8-12(9-11)10-5-3-2-4-6-10;/h1-12,19H;2-5,7-9H,1H3;/q;-2;+3. The van der Waals surface area contributed by atoms with Crippen LogP contribution in [-0.2, 0) is 20.1 Å². The first-order chi connectivity index (χ1) is 18.3. The van der Waals surface area contributed by atoms with E-state index in [0.29, 0.717) is 0 Å². The predicted octanol–water partition coefficient (Wildman–Crippen LogP) is 4.67. The summed E-state index contributed by atoms with van der Waals surface area (Å²) in [7, 11) is 2.00. The van der Waals surface area contributed by atoms with Crippen LogP contribution in [0.15, 0.2) is 110 Å². The molecule has 5 nitrogen and oxygen atoms in total. The van der Waals surface area contributed by atoms with Gasteiger partial charge in [0, 0.05) is 23.2 Å². The molecule has 184 valence electrons. The van der Waals surface area contributed by atoms with Gasteiger partial charge in [-0.1, -0.05) is 24.3 Å². The number of aromatic nitrogens is 2. The number of hydrogen-bond acceptors (Lipinski definition) is 4. The van der Waals surface area contributed by atoms with Crippen molar-refractivity contribution < 1.29 is 20.1 Å². The molecule has 0 saturated carbocycles. The normalized spacial score (nSPS) is 15.9.